The number of halogens is 7. The van der Waals surface area contributed by atoms with Crippen LogP contribution >= 0.6 is 0 Å². The van der Waals surface area contributed by atoms with E-state index in [1.54, 1.807) is 0 Å². The highest BCUT2D eigenvalue weighted by Gasteiger charge is 2.29. The number of hydrogen-bond acceptors (Lipinski definition) is 6. The van der Waals surface area contributed by atoms with Crippen molar-refractivity contribution in [3.05, 3.63) is 5.82 Å². The molecule has 2 unspecified atom stereocenters. The Hall–Kier alpha value is -2.43. The highest BCUT2D eigenvalue weighted by atomic mass is 19.3. The standard InChI is InChI=1S/C9H4F7N3O3/c10-2-7(21-5(15)3(11)12)18-9(17-1-20)19-8(2)22-6(16)4(13)14/h3-6H. The van der Waals surface area contributed by atoms with E-state index in [9.17, 15) is 35.5 Å². The van der Waals surface area contributed by atoms with E-state index in [1.807, 2.05) is 0 Å². The van der Waals surface area contributed by atoms with E-state index in [-0.39, 0.29) is 0 Å². The van der Waals surface area contributed by atoms with E-state index in [4.69, 9.17) is 0 Å². The maximum Gasteiger partial charge on any atom is 0.304 e. The number of hydrogen-bond donors (Lipinski definition) is 0. The molecule has 1 heterocycles. The van der Waals surface area contributed by atoms with Crippen LogP contribution in [0.25, 0.3) is 0 Å². The number of aliphatic imine (C=N–C) groups is 1. The van der Waals surface area contributed by atoms with Crippen molar-refractivity contribution in [2.75, 3.05) is 0 Å². The number of nitrogens with zero attached hydrogens (tertiary/aromatic N) is 3. The summed E-state index contributed by atoms with van der Waals surface area (Å²) in [5, 5.41) is 0. The van der Waals surface area contributed by atoms with E-state index >= 15 is 0 Å². The lowest BCUT2D eigenvalue weighted by Crippen LogP contribution is -2.23. The number of carbonyl (C=O) groups excluding carboxylic acids is 1. The summed E-state index contributed by atoms with van der Waals surface area (Å²) in [6.45, 7) is 0. The molecule has 0 aliphatic rings. The second-order valence-corrected chi connectivity index (χ2v) is 3.26. The van der Waals surface area contributed by atoms with Crippen molar-refractivity contribution >= 4 is 12.0 Å². The van der Waals surface area contributed by atoms with Gasteiger partial charge in [-0.25, -0.2) is 22.4 Å². The van der Waals surface area contributed by atoms with Crippen molar-refractivity contribution in [2.24, 2.45) is 4.99 Å². The summed E-state index contributed by atoms with van der Waals surface area (Å²) in [6.07, 6.45) is -13.3. The maximum atomic E-state index is 13.6. The molecular weight excluding hydrogens is 331 g/mol. The topological polar surface area (TPSA) is 73.7 Å². The molecule has 0 spiro atoms. The van der Waals surface area contributed by atoms with Gasteiger partial charge < -0.3 is 9.47 Å². The fourth-order valence-corrected chi connectivity index (χ4v) is 0.959. The minimum absolute atomic E-state index is 0.843. The monoisotopic (exact) mass is 335 g/mol. The highest BCUT2D eigenvalue weighted by Crippen LogP contribution is 2.29. The van der Waals surface area contributed by atoms with Crippen LogP contribution in [0.5, 0.6) is 11.8 Å². The van der Waals surface area contributed by atoms with E-state index in [2.05, 4.69) is 24.4 Å². The Morgan fingerprint density at radius 3 is 1.64 bits per heavy atom. The molecule has 0 bridgehead atoms. The third kappa shape index (κ3) is 4.55. The van der Waals surface area contributed by atoms with E-state index < -0.39 is 49.1 Å². The quantitative estimate of drug-likeness (QED) is 0.435. The molecule has 0 radical (unpaired) electrons. The normalized spacial score (nSPS) is 13.7. The van der Waals surface area contributed by atoms with Crippen molar-refractivity contribution in [3.63, 3.8) is 0 Å². The van der Waals surface area contributed by atoms with Crippen LogP contribution in [-0.2, 0) is 4.79 Å². The van der Waals surface area contributed by atoms with Gasteiger partial charge in [0.1, 0.15) is 0 Å². The smallest absolute Gasteiger partial charge is 0.304 e. The minimum atomic E-state index is -3.70. The number of ether oxygens (including phenoxy) is 2. The molecule has 2 atom stereocenters. The van der Waals surface area contributed by atoms with Crippen LogP contribution in [0.1, 0.15) is 0 Å². The average Bonchev–Trinajstić information content (AvgIpc) is 2.43. The van der Waals surface area contributed by atoms with Gasteiger partial charge in [-0.05, 0) is 0 Å². The second kappa shape index (κ2) is 7.54. The van der Waals surface area contributed by atoms with E-state index in [0.717, 1.165) is 6.08 Å². The summed E-state index contributed by atoms with van der Waals surface area (Å²) >= 11 is 0. The fourth-order valence-electron chi connectivity index (χ4n) is 0.959. The van der Waals surface area contributed by atoms with E-state index in [0.29, 0.717) is 0 Å². The van der Waals surface area contributed by atoms with Gasteiger partial charge in [-0.3, -0.25) is 0 Å². The van der Waals surface area contributed by atoms with Crippen molar-refractivity contribution in [1.82, 2.24) is 9.97 Å². The molecule has 1 aromatic rings. The molecule has 22 heavy (non-hydrogen) atoms. The molecule has 0 fully saturated rings. The second-order valence-electron chi connectivity index (χ2n) is 3.26. The first kappa shape index (κ1) is 17.6. The third-order valence-corrected chi connectivity index (χ3v) is 1.77. The largest absolute Gasteiger partial charge is 0.434 e. The summed E-state index contributed by atoms with van der Waals surface area (Å²) in [7, 11) is 0. The molecule has 1 aromatic heterocycles. The van der Waals surface area contributed by atoms with Crippen LogP contribution in [0.4, 0.5) is 36.7 Å². The fraction of sp³-hybridized carbons (Fsp3) is 0.444. The Bertz CT molecular complexity index is 530. The Morgan fingerprint density at radius 2 is 1.32 bits per heavy atom. The molecule has 0 aliphatic carbocycles. The first-order valence-electron chi connectivity index (χ1n) is 5.09. The van der Waals surface area contributed by atoms with Crippen LogP contribution < -0.4 is 9.47 Å². The Labute approximate surface area is 116 Å². The third-order valence-electron chi connectivity index (χ3n) is 1.77. The molecule has 6 nitrogen and oxygen atoms in total. The zero-order valence-corrected chi connectivity index (χ0v) is 10.0. The van der Waals surface area contributed by atoms with Gasteiger partial charge in [-0.1, -0.05) is 0 Å². The molecular formula is C9H4F7N3O3. The van der Waals surface area contributed by atoms with Gasteiger partial charge in [-0.2, -0.15) is 23.1 Å². The minimum Gasteiger partial charge on any atom is -0.434 e. The van der Waals surface area contributed by atoms with Gasteiger partial charge in [0.2, 0.25) is 11.9 Å². The lowest BCUT2D eigenvalue weighted by molar-refractivity contribution is -0.0767. The predicted octanol–water partition coefficient (Wildman–Crippen LogP) is 2.46. The number of isocyanates is 1. The summed E-state index contributed by atoms with van der Waals surface area (Å²) in [4.78, 5) is 18.5. The molecule has 0 saturated carbocycles. The molecule has 13 heteroatoms. The summed E-state index contributed by atoms with van der Waals surface area (Å²) < 4.78 is 94.4. The van der Waals surface area contributed by atoms with Crippen LogP contribution in [0.3, 0.4) is 0 Å². The molecule has 1 rings (SSSR count). The molecule has 0 aromatic carbocycles. The average molecular weight is 335 g/mol. The lowest BCUT2D eigenvalue weighted by atomic mass is 10.5. The van der Waals surface area contributed by atoms with Gasteiger partial charge in [0.15, 0.2) is 0 Å². The molecule has 0 aliphatic heterocycles. The van der Waals surface area contributed by atoms with Crippen molar-refractivity contribution in [2.45, 2.75) is 25.6 Å². The zero-order valence-electron chi connectivity index (χ0n) is 10.0. The number of alkyl halides is 6. The summed E-state index contributed by atoms with van der Waals surface area (Å²) in [5.41, 5.74) is 0. The Balaban J connectivity index is 3.20. The Kier molecular flexibility index (Phi) is 6.04. The van der Waals surface area contributed by atoms with Gasteiger partial charge in [0, 0.05) is 0 Å². The first-order chi connectivity index (χ1) is 10.3. The van der Waals surface area contributed by atoms with Crippen molar-refractivity contribution in [1.29, 1.82) is 0 Å². The first-order valence-corrected chi connectivity index (χ1v) is 5.09. The maximum absolute atomic E-state index is 13.6. The van der Waals surface area contributed by atoms with Crippen molar-refractivity contribution < 1.29 is 45.0 Å². The molecule has 122 valence electrons. The van der Waals surface area contributed by atoms with Crippen LogP contribution in [0.15, 0.2) is 4.99 Å². The van der Waals surface area contributed by atoms with Crippen molar-refractivity contribution in [3.8, 4) is 11.8 Å². The van der Waals surface area contributed by atoms with E-state index in [1.165, 1.54) is 0 Å². The van der Waals surface area contributed by atoms with Gasteiger partial charge in [-0.15, -0.1) is 4.99 Å². The van der Waals surface area contributed by atoms with Gasteiger partial charge in [0.25, 0.3) is 30.4 Å². The lowest BCUT2D eigenvalue weighted by Gasteiger charge is -2.13. The SMILES string of the molecule is O=C=Nc1nc(OC(F)C(F)F)c(F)c(OC(F)C(F)F)n1. The molecule has 0 N–H and O–H groups in total. The molecule has 0 amide bonds. The highest BCUT2D eigenvalue weighted by molar-refractivity contribution is 5.43. The van der Waals surface area contributed by atoms with Crippen LogP contribution in [0.2, 0.25) is 0 Å². The van der Waals surface area contributed by atoms with Crippen LogP contribution in [-0.4, -0.2) is 41.6 Å². The van der Waals surface area contributed by atoms with Gasteiger partial charge in [0.05, 0.1) is 0 Å². The van der Waals surface area contributed by atoms with Crippen LogP contribution in [0, 0.1) is 5.82 Å². The number of aromatic nitrogens is 2. The number of rotatable bonds is 7. The summed E-state index contributed by atoms with van der Waals surface area (Å²) in [5.74, 6) is -6.11. The van der Waals surface area contributed by atoms with Gasteiger partial charge >= 0.3 is 12.9 Å². The summed E-state index contributed by atoms with van der Waals surface area (Å²) in [6, 6.07) is 0. The zero-order chi connectivity index (χ0) is 16.9. The molecule has 0 saturated heterocycles. The predicted molar refractivity (Wildman–Crippen MR) is 52.8 cm³/mol. The Morgan fingerprint density at radius 1 is 0.909 bits per heavy atom.